The molecule has 4 heteroatoms. The number of carboxylic acids is 1. The van der Waals surface area contributed by atoms with E-state index in [-0.39, 0.29) is 11.8 Å². The molecule has 0 saturated heterocycles. The molecule has 0 aliphatic heterocycles. The van der Waals surface area contributed by atoms with Gasteiger partial charge in [-0.1, -0.05) is 31.2 Å². The van der Waals surface area contributed by atoms with Gasteiger partial charge in [-0.3, -0.25) is 9.59 Å². The molecule has 2 N–H and O–H groups in total. The van der Waals surface area contributed by atoms with E-state index in [9.17, 15) is 9.59 Å². The summed E-state index contributed by atoms with van der Waals surface area (Å²) in [7, 11) is 0. The molecule has 0 heterocycles. The van der Waals surface area contributed by atoms with Gasteiger partial charge in [-0.05, 0) is 30.9 Å². The second-order valence-corrected chi connectivity index (χ2v) is 4.59. The molecule has 1 rings (SSSR count). The molecule has 0 aliphatic rings. The van der Waals surface area contributed by atoms with Crippen molar-refractivity contribution in [3.8, 4) is 0 Å². The number of hydrogen-bond acceptors (Lipinski definition) is 2. The molecule has 0 bridgehead atoms. The Balaban J connectivity index is 2.60. The second kappa shape index (κ2) is 6.19. The number of nitrogens with one attached hydrogen (secondary N) is 1. The van der Waals surface area contributed by atoms with Crippen molar-refractivity contribution < 1.29 is 14.7 Å². The molecule has 1 amide bonds. The van der Waals surface area contributed by atoms with E-state index in [1.807, 2.05) is 38.1 Å². The lowest BCUT2D eigenvalue weighted by molar-refractivity contribution is -0.141. The van der Waals surface area contributed by atoms with Gasteiger partial charge < -0.3 is 10.4 Å². The first kappa shape index (κ1) is 14.2. The van der Waals surface area contributed by atoms with Gasteiger partial charge in [0.15, 0.2) is 0 Å². The Morgan fingerprint density at radius 2 is 1.89 bits per heavy atom. The molecule has 18 heavy (non-hydrogen) atoms. The van der Waals surface area contributed by atoms with Crippen molar-refractivity contribution >= 4 is 11.9 Å². The zero-order valence-electron chi connectivity index (χ0n) is 10.9. The van der Waals surface area contributed by atoms with Gasteiger partial charge in [0.05, 0.1) is 0 Å². The fourth-order valence-corrected chi connectivity index (χ4v) is 1.89. The number of aryl methyl sites for hydroxylation is 1. The first-order valence-electron chi connectivity index (χ1n) is 5.99. The third kappa shape index (κ3) is 3.87. The monoisotopic (exact) mass is 249 g/mol. The van der Waals surface area contributed by atoms with Crippen LogP contribution in [0.1, 0.15) is 37.3 Å². The van der Waals surface area contributed by atoms with Gasteiger partial charge in [-0.25, -0.2) is 0 Å². The molecular formula is C14H19NO3. The number of carbonyl (C=O) groups is 2. The SMILES string of the molecule is Cc1ccccc1C(C)CC(=O)NC(C)C(=O)O. The van der Waals surface area contributed by atoms with E-state index in [1.54, 1.807) is 0 Å². The van der Waals surface area contributed by atoms with Crippen molar-refractivity contribution in [2.75, 3.05) is 0 Å². The molecule has 2 atom stereocenters. The van der Waals surface area contributed by atoms with Gasteiger partial charge in [0.25, 0.3) is 0 Å². The number of rotatable bonds is 5. The largest absolute Gasteiger partial charge is 0.480 e. The van der Waals surface area contributed by atoms with E-state index in [0.717, 1.165) is 11.1 Å². The number of hydrogen-bond donors (Lipinski definition) is 2. The van der Waals surface area contributed by atoms with E-state index in [4.69, 9.17) is 5.11 Å². The van der Waals surface area contributed by atoms with Crippen molar-refractivity contribution in [3.63, 3.8) is 0 Å². The lowest BCUT2D eigenvalue weighted by Gasteiger charge is -2.15. The van der Waals surface area contributed by atoms with Crippen LogP contribution in [-0.4, -0.2) is 23.0 Å². The molecule has 0 aromatic heterocycles. The number of amides is 1. The lowest BCUT2D eigenvalue weighted by atomic mass is 9.93. The minimum absolute atomic E-state index is 0.0761. The molecule has 0 radical (unpaired) electrons. The normalized spacial score (nSPS) is 13.7. The quantitative estimate of drug-likeness (QED) is 0.839. The molecule has 1 aromatic rings. The van der Waals surface area contributed by atoms with Gasteiger partial charge in [-0.15, -0.1) is 0 Å². The van der Waals surface area contributed by atoms with Crippen LogP contribution in [0.4, 0.5) is 0 Å². The topological polar surface area (TPSA) is 66.4 Å². The maximum Gasteiger partial charge on any atom is 0.325 e. The molecule has 0 saturated carbocycles. The average molecular weight is 249 g/mol. The van der Waals surface area contributed by atoms with Gasteiger partial charge in [0.2, 0.25) is 5.91 Å². The molecular weight excluding hydrogens is 230 g/mol. The highest BCUT2D eigenvalue weighted by atomic mass is 16.4. The Bertz CT molecular complexity index is 442. The highest BCUT2D eigenvalue weighted by Gasteiger charge is 2.17. The third-order valence-corrected chi connectivity index (χ3v) is 2.96. The predicted octanol–water partition coefficient (Wildman–Crippen LogP) is 2.08. The molecule has 0 fully saturated rings. The summed E-state index contributed by atoms with van der Waals surface area (Å²) in [6.45, 7) is 5.43. The average Bonchev–Trinajstić information content (AvgIpc) is 2.28. The molecule has 98 valence electrons. The maximum atomic E-state index is 11.7. The van der Waals surface area contributed by atoms with Crippen molar-refractivity contribution in [2.24, 2.45) is 0 Å². The van der Waals surface area contributed by atoms with E-state index in [2.05, 4.69) is 5.32 Å². The number of carboxylic acid groups (broad SMARTS) is 1. The maximum absolute atomic E-state index is 11.7. The minimum Gasteiger partial charge on any atom is -0.480 e. The van der Waals surface area contributed by atoms with Crippen molar-refractivity contribution in [2.45, 2.75) is 39.2 Å². The molecule has 2 unspecified atom stereocenters. The fourth-order valence-electron chi connectivity index (χ4n) is 1.89. The molecule has 0 spiro atoms. The summed E-state index contributed by atoms with van der Waals surface area (Å²) in [5.74, 6) is -1.18. The number of carbonyl (C=O) groups excluding carboxylic acids is 1. The Kier molecular flexibility index (Phi) is 4.89. The van der Waals surface area contributed by atoms with Gasteiger partial charge in [-0.2, -0.15) is 0 Å². The van der Waals surface area contributed by atoms with Crippen molar-refractivity contribution in [1.29, 1.82) is 0 Å². The standard InChI is InChI=1S/C14H19NO3/c1-9-6-4-5-7-12(9)10(2)8-13(16)15-11(3)14(17)18/h4-7,10-11H,8H2,1-3H3,(H,15,16)(H,17,18). The Labute approximate surface area is 107 Å². The van der Waals surface area contributed by atoms with E-state index in [0.29, 0.717) is 6.42 Å². The number of aliphatic carboxylic acids is 1. The van der Waals surface area contributed by atoms with E-state index >= 15 is 0 Å². The predicted molar refractivity (Wildman–Crippen MR) is 69.5 cm³/mol. The van der Waals surface area contributed by atoms with Gasteiger partial charge in [0, 0.05) is 6.42 Å². The van der Waals surface area contributed by atoms with Crippen LogP contribution in [0.15, 0.2) is 24.3 Å². The second-order valence-electron chi connectivity index (χ2n) is 4.59. The Hall–Kier alpha value is -1.84. The van der Waals surface area contributed by atoms with Crippen LogP contribution in [0, 0.1) is 6.92 Å². The first-order valence-corrected chi connectivity index (χ1v) is 5.99. The van der Waals surface area contributed by atoms with E-state index in [1.165, 1.54) is 6.92 Å². The lowest BCUT2D eigenvalue weighted by Crippen LogP contribution is -2.38. The Morgan fingerprint density at radius 1 is 1.28 bits per heavy atom. The van der Waals surface area contributed by atoms with E-state index < -0.39 is 12.0 Å². The fraction of sp³-hybridized carbons (Fsp3) is 0.429. The van der Waals surface area contributed by atoms with Crippen LogP contribution in [0.2, 0.25) is 0 Å². The van der Waals surface area contributed by atoms with Crippen LogP contribution in [0.3, 0.4) is 0 Å². The van der Waals surface area contributed by atoms with Crippen LogP contribution in [0.25, 0.3) is 0 Å². The van der Waals surface area contributed by atoms with Crippen molar-refractivity contribution in [1.82, 2.24) is 5.32 Å². The van der Waals surface area contributed by atoms with Crippen LogP contribution in [-0.2, 0) is 9.59 Å². The molecule has 0 aliphatic carbocycles. The third-order valence-electron chi connectivity index (χ3n) is 2.96. The summed E-state index contributed by atoms with van der Waals surface area (Å²) in [6, 6.07) is 7.05. The van der Waals surface area contributed by atoms with Crippen molar-refractivity contribution in [3.05, 3.63) is 35.4 Å². The highest BCUT2D eigenvalue weighted by molar-refractivity contribution is 5.83. The first-order chi connectivity index (χ1) is 8.41. The number of benzene rings is 1. The summed E-state index contributed by atoms with van der Waals surface area (Å²) >= 11 is 0. The zero-order valence-corrected chi connectivity index (χ0v) is 10.9. The van der Waals surface area contributed by atoms with Gasteiger partial charge >= 0.3 is 5.97 Å². The summed E-state index contributed by atoms with van der Waals surface area (Å²) in [5, 5.41) is 11.2. The highest BCUT2D eigenvalue weighted by Crippen LogP contribution is 2.22. The zero-order chi connectivity index (χ0) is 13.7. The van der Waals surface area contributed by atoms with Crippen LogP contribution in [0.5, 0.6) is 0 Å². The van der Waals surface area contributed by atoms with Crippen LogP contribution >= 0.6 is 0 Å². The summed E-state index contributed by atoms with van der Waals surface area (Å²) in [4.78, 5) is 22.3. The molecule has 1 aromatic carbocycles. The smallest absolute Gasteiger partial charge is 0.325 e. The minimum atomic E-state index is -1.02. The Morgan fingerprint density at radius 3 is 2.44 bits per heavy atom. The summed E-state index contributed by atoms with van der Waals surface area (Å²) in [6.07, 6.45) is 0.294. The molecule has 4 nitrogen and oxygen atoms in total. The van der Waals surface area contributed by atoms with Gasteiger partial charge in [0.1, 0.15) is 6.04 Å². The van der Waals surface area contributed by atoms with Crippen LogP contribution < -0.4 is 5.32 Å². The summed E-state index contributed by atoms with van der Waals surface area (Å²) < 4.78 is 0. The summed E-state index contributed by atoms with van der Waals surface area (Å²) in [5.41, 5.74) is 2.26.